The first-order valence-corrected chi connectivity index (χ1v) is 5.78. The molecule has 98 valence electrons. The van der Waals surface area contributed by atoms with Crippen molar-refractivity contribution >= 4 is 11.6 Å². The smallest absolute Gasteiger partial charge is 0.312 e. The third kappa shape index (κ3) is 1.87. The van der Waals surface area contributed by atoms with Gasteiger partial charge in [-0.2, -0.15) is 13.2 Å². The van der Waals surface area contributed by atoms with Crippen LogP contribution in [0.5, 0.6) is 0 Å². The van der Waals surface area contributed by atoms with Crippen molar-refractivity contribution in [2.75, 3.05) is 11.4 Å². The SMILES string of the molecule is CCN1C(=O)[C@@](C)(CC(F)(F)F)c2ccccc21. The average molecular weight is 257 g/mol. The van der Waals surface area contributed by atoms with Crippen molar-refractivity contribution in [3.05, 3.63) is 29.8 Å². The van der Waals surface area contributed by atoms with Crippen LogP contribution < -0.4 is 4.90 Å². The standard InChI is InChI=1S/C13H14F3NO/c1-3-17-10-7-5-4-6-9(10)12(2,11(17)18)8-13(14,15)16/h4-7H,3,8H2,1-2H3/t12-/m0/s1. The Labute approximate surface area is 103 Å². The van der Waals surface area contributed by atoms with Gasteiger partial charge < -0.3 is 4.90 Å². The van der Waals surface area contributed by atoms with Crippen molar-refractivity contribution in [2.45, 2.75) is 31.9 Å². The number of alkyl halides is 3. The molecule has 2 rings (SSSR count). The van der Waals surface area contributed by atoms with Crippen molar-refractivity contribution in [3.63, 3.8) is 0 Å². The number of carbonyl (C=O) groups is 1. The van der Waals surface area contributed by atoms with Crippen molar-refractivity contribution in [3.8, 4) is 0 Å². The number of nitrogens with zero attached hydrogens (tertiary/aromatic N) is 1. The molecule has 1 aliphatic heterocycles. The maximum absolute atomic E-state index is 12.7. The summed E-state index contributed by atoms with van der Waals surface area (Å²) in [7, 11) is 0. The van der Waals surface area contributed by atoms with Crippen molar-refractivity contribution in [1.29, 1.82) is 0 Å². The molecule has 0 radical (unpaired) electrons. The van der Waals surface area contributed by atoms with Gasteiger partial charge in [-0.25, -0.2) is 0 Å². The van der Waals surface area contributed by atoms with Crippen LogP contribution in [0, 0.1) is 0 Å². The topological polar surface area (TPSA) is 20.3 Å². The zero-order chi connectivity index (χ0) is 13.6. The Hall–Kier alpha value is -1.52. The first-order chi connectivity index (χ1) is 8.29. The third-order valence-corrected chi connectivity index (χ3v) is 3.38. The number of anilines is 1. The van der Waals surface area contributed by atoms with Crippen molar-refractivity contribution in [2.24, 2.45) is 0 Å². The molecule has 1 aromatic carbocycles. The summed E-state index contributed by atoms with van der Waals surface area (Å²) in [4.78, 5) is 13.6. The van der Waals surface area contributed by atoms with Gasteiger partial charge in [0.25, 0.3) is 0 Å². The Morgan fingerprint density at radius 3 is 2.44 bits per heavy atom. The molecule has 5 heteroatoms. The molecule has 0 aromatic heterocycles. The maximum atomic E-state index is 12.7. The van der Waals surface area contributed by atoms with Gasteiger partial charge in [0.1, 0.15) is 0 Å². The van der Waals surface area contributed by atoms with Crippen LogP contribution in [0.3, 0.4) is 0 Å². The van der Waals surface area contributed by atoms with Crippen LogP contribution in [0.2, 0.25) is 0 Å². The van der Waals surface area contributed by atoms with Crippen LogP contribution in [0.15, 0.2) is 24.3 Å². The zero-order valence-electron chi connectivity index (χ0n) is 10.2. The second-order valence-corrected chi connectivity index (χ2v) is 4.69. The molecular weight excluding hydrogens is 243 g/mol. The molecule has 1 heterocycles. The monoisotopic (exact) mass is 257 g/mol. The Balaban J connectivity index is 2.53. The van der Waals surface area contributed by atoms with E-state index >= 15 is 0 Å². The maximum Gasteiger partial charge on any atom is 0.390 e. The lowest BCUT2D eigenvalue weighted by atomic mass is 9.80. The van der Waals surface area contributed by atoms with E-state index in [0.717, 1.165) is 0 Å². The van der Waals surface area contributed by atoms with Crippen molar-refractivity contribution in [1.82, 2.24) is 0 Å². The van der Waals surface area contributed by atoms with Gasteiger partial charge in [0.2, 0.25) is 5.91 Å². The molecule has 0 unspecified atom stereocenters. The number of hydrogen-bond acceptors (Lipinski definition) is 1. The minimum Gasteiger partial charge on any atom is -0.312 e. The number of likely N-dealkylation sites (N-methyl/N-ethyl adjacent to an activating group) is 1. The highest BCUT2D eigenvalue weighted by Crippen LogP contribution is 2.47. The molecule has 18 heavy (non-hydrogen) atoms. The number of hydrogen-bond donors (Lipinski definition) is 0. The molecule has 1 amide bonds. The molecule has 0 saturated heterocycles. The highest BCUT2D eigenvalue weighted by Gasteiger charge is 2.52. The van der Waals surface area contributed by atoms with Crippen LogP contribution >= 0.6 is 0 Å². The van der Waals surface area contributed by atoms with E-state index in [1.807, 2.05) is 0 Å². The van der Waals surface area contributed by atoms with Crippen LogP contribution in [0.25, 0.3) is 0 Å². The molecule has 0 aliphatic carbocycles. The zero-order valence-corrected chi connectivity index (χ0v) is 10.2. The molecule has 1 aromatic rings. The van der Waals surface area contributed by atoms with E-state index in [2.05, 4.69) is 0 Å². The van der Waals surface area contributed by atoms with Crippen LogP contribution in [-0.2, 0) is 10.2 Å². The summed E-state index contributed by atoms with van der Waals surface area (Å²) < 4.78 is 38.0. The predicted molar refractivity (Wildman–Crippen MR) is 62.5 cm³/mol. The molecule has 1 aliphatic rings. The second-order valence-electron chi connectivity index (χ2n) is 4.69. The third-order valence-electron chi connectivity index (χ3n) is 3.38. The molecular formula is C13H14F3NO. The number of fused-ring (bicyclic) bond motifs is 1. The largest absolute Gasteiger partial charge is 0.390 e. The predicted octanol–water partition coefficient (Wildman–Crippen LogP) is 3.26. The summed E-state index contributed by atoms with van der Waals surface area (Å²) in [6.45, 7) is 3.51. The van der Waals surface area contributed by atoms with Crippen LogP contribution in [0.1, 0.15) is 25.8 Å². The lowest BCUT2D eigenvalue weighted by molar-refractivity contribution is -0.155. The van der Waals surface area contributed by atoms with Crippen molar-refractivity contribution < 1.29 is 18.0 Å². The number of para-hydroxylation sites is 1. The molecule has 0 saturated carbocycles. The lowest BCUT2D eigenvalue weighted by Gasteiger charge is -2.25. The van der Waals surface area contributed by atoms with E-state index in [1.165, 1.54) is 11.8 Å². The van der Waals surface area contributed by atoms with E-state index < -0.39 is 23.9 Å². The number of carbonyl (C=O) groups excluding carboxylic acids is 1. The first kappa shape index (κ1) is 12.9. The summed E-state index contributed by atoms with van der Waals surface area (Å²) in [5.41, 5.74) is -0.434. The fraction of sp³-hybridized carbons (Fsp3) is 0.462. The highest BCUT2D eigenvalue weighted by atomic mass is 19.4. The molecule has 1 atom stereocenters. The Kier molecular flexibility index (Phi) is 2.87. The number of rotatable bonds is 2. The van der Waals surface area contributed by atoms with E-state index in [9.17, 15) is 18.0 Å². The Bertz CT molecular complexity index is 483. The Morgan fingerprint density at radius 2 is 1.89 bits per heavy atom. The fourth-order valence-electron chi connectivity index (χ4n) is 2.58. The van der Waals surface area contributed by atoms with Gasteiger partial charge >= 0.3 is 6.18 Å². The quantitative estimate of drug-likeness (QED) is 0.796. The van der Waals surface area contributed by atoms with E-state index in [-0.39, 0.29) is 0 Å². The van der Waals surface area contributed by atoms with E-state index in [0.29, 0.717) is 17.8 Å². The van der Waals surface area contributed by atoms with Gasteiger partial charge in [0.05, 0.1) is 11.8 Å². The minimum atomic E-state index is -4.36. The van der Waals surface area contributed by atoms with Gasteiger partial charge in [-0.1, -0.05) is 18.2 Å². The minimum absolute atomic E-state index is 0.378. The lowest BCUT2D eigenvalue weighted by Crippen LogP contribution is -2.41. The highest BCUT2D eigenvalue weighted by molar-refractivity contribution is 6.07. The van der Waals surface area contributed by atoms with Gasteiger partial charge in [0.15, 0.2) is 0 Å². The molecule has 0 N–H and O–H groups in total. The summed E-state index contributed by atoms with van der Waals surface area (Å²) in [6, 6.07) is 6.70. The fourth-order valence-corrected chi connectivity index (χ4v) is 2.58. The van der Waals surface area contributed by atoms with Crippen LogP contribution in [0.4, 0.5) is 18.9 Å². The second kappa shape index (κ2) is 4.00. The van der Waals surface area contributed by atoms with Gasteiger partial charge in [-0.15, -0.1) is 0 Å². The summed E-state index contributed by atoms with van der Waals surface area (Å²) in [5.74, 6) is -0.469. The van der Waals surface area contributed by atoms with E-state index in [1.54, 1.807) is 31.2 Å². The van der Waals surface area contributed by atoms with Gasteiger partial charge in [0, 0.05) is 12.2 Å². The number of benzene rings is 1. The van der Waals surface area contributed by atoms with Crippen LogP contribution in [-0.4, -0.2) is 18.6 Å². The van der Waals surface area contributed by atoms with Gasteiger partial charge in [-0.05, 0) is 25.5 Å². The molecule has 0 spiro atoms. The summed E-state index contributed by atoms with van der Waals surface area (Å²) in [5, 5.41) is 0. The first-order valence-electron chi connectivity index (χ1n) is 5.78. The number of amides is 1. The van der Waals surface area contributed by atoms with E-state index in [4.69, 9.17) is 0 Å². The number of halogens is 3. The average Bonchev–Trinajstić information content (AvgIpc) is 2.47. The molecule has 0 bridgehead atoms. The Morgan fingerprint density at radius 1 is 1.28 bits per heavy atom. The van der Waals surface area contributed by atoms with Gasteiger partial charge in [-0.3, -0.25) is 4.79 Å². The summed E-state index contributed by atoms with van der Waals surface area (Å²) >= 11 is 0. The summed E-state index contributed by atoms with van der Waals surface area (Å²) in [6.07, 6.45) is -5.48. The normalized spacial score (nSPS) is 23.4. The molecule has 2 nitrogen and oxygen atoms in total. The molecule has 0 fully saturated rings.